The standard InChI is InChI=1S/C15H15Cl2N/c1-10-3-5-13(18-9-10)8-15(17)14-6-4-12(16)7-11(14)2/h3-7,9,15H,8H2,1-2H3. The molecule has 0 N–H and O–H groups in total. The van der Waals surface area contributed by atoms with Gasteiger partial charge in [-0.3, -0.25) is 4.98 Å². The highest BCUT2D eigenvalue weighted by Crippen LogP contribution is 2.28. The summed E-state index contributed by atoms with van der Waals surface area (Å²) < 4.78 is 0. The quantitative estimate of drug-likeness (QED) is 0.730. The molecule has 0 aliphatic heterocycles. The normalized spacial score (nSPS) is 12.4. The fourth-order valence-electron chi connectivity index (χ4n) is 1.90. The molecule has 1 heterocycles. The summed E-state index contributed by atoms with van der Waals surface area (Å²) in [4.78, 5) is 4.38. The van der Waals surface area contributed by atoms with Crippen LogP contribution in [0.1, 0.15) is 27.8 Å². The zero-order chi connectivity index (χ0) is 13.1. The number of alkyl halides is 1. The number of nitrogens with zero attached hydrogens (tertiary/aromatic N) is 1. The van der Waals surface area contributed by atoms with Gasteiger partial charge in [0.25, 0.3) is 0 Å². The van der Waals surface area contributed by atoms with E-state index >= 15 is 0 Å². The van der Waals surface area contributed by atoms with E-state index in [1.807, 2.05) is 44.3 Å². The lowest BCUT2D eigenvalue weighted by Crippen LogP contribution is -2.00. The largest absolute Gasteiger partial charge is 0.261 e. The molecule has 0 aliphatic rings. The van der Waals surface area contributed by atoms with Crippen molar-refractivity contribution in [2.45, 2.75) is 25.6 Å². The molecular formula is C15H15Cl2N. The summed E-state index contributed by atoms with van der Waals surface area (Å²) >= 11 is 12.4. The van der Waals surface area contributed by atoms with Crippen molar-refractivity contribution in [1.29, 1.82) is 0 Å². The Bertz CT molecular complexity index is 535. The molecule has 18 heavy (non-hydrogen) atoms. The summed E-state index contributed by atoms with van der Waals surface area (Å²) in [5.74, 6) is 0. The summed E-state index contributed by atoms with van der Waals surface area (Å²) in [5.41, 5.74) is 4.40. The molecule has 0 amide bonds. The summed E-state index contributed by atoms with van der Waals surface area (Å²) in [7, 11) is 0. The van der Waals surface area contributed by atoms with Gasteiger partial charge in [-0.1, -0.05) is 23.7 Å². The van der Waals surface area contributed by atoms with Crippen LogP contribution in [0.3, 0.4) is 0 Å². The van der Waals surface area contributed by atoms with E-state index in [0.29, 0.717) is 0 Å². The van der Waals surface area contributed by atoms with Crippen molar-refractivity contribution in [3.8, 4) is 0 Å². The fourth-order valence-corrected chi connectivity index (χ4v) is 2.53. The first-order valence-electron chi connectivity index (χ1n) is 5.88. The van der Waals surface area contributed by atoms with Crippen LogP contribution in [0.5, 0.6) is 0 Å². The molecule has 0 spiro atoms. The topological polar surface area (TPSA) is 12.9 Å². The molecule has 1 aromatic heterocycles. The number of aryl methyl sites for hydroxylation is 2. The number of hydrogen-bond donors (Lipinski definition) is 0. The van der Waals surface area contributed by atoms with Crippen molar-refractivity contribution in [1.82, 2.24) is 4.98 Å². The highest BCUT2D eigenvalue weighted by Gasteiger charge is 2.12. The zero-order valence-electron chi connectivity index (χ0n) is 10.5. The second kappa shape index (κ2) is 5.73. The molecule has 0 radical (unpaired) electrons. The van der Waals surface area contributed by atoms with Crippen LogP contribution in [0.15, 0.2) is 36.5 Å². The van der Waals surface area contributed by atoms with Crippen molar-refractivity contribution < 1.29 is 0 Å². The van der Waals surface area contributed by atoms with Crippen molar-refractivity contribution in [3.63, 3.8) is 0 Å². The van der Waals surface area contributed by atoms with Gasteiger partial charge in [0, 0.05) is 23.3 Å². The molecule has 0 aliphatic carbocycles. The van der Waals surface area contributed by atoms with Gasteiger partial charge in [-0.15, -0.1) is 11.6 Å². The second-order valence-corrected chi connectivity index (χ2v) is 5.46. The predicted molar refractivity (Wildman–Crippen MR) is 77.5 cm³/mol. The SMILES string of the molecule is Cc1ccc(CC(Cl)c2ccc(Cl)cc2C)nc1. The third-order valence-corrected chi connectivity index (χ3v) is 3.55. The van der Waals surface area contributed by atoms with E-state index in [1.54, 1.807) is 0 Å². The minimum atomic E-state index is -0.0718. The Hall–Kier alpha value is -1.05. The fraction of sp³-hybridized carbons (Fsp3) is 0.267. The maximum Gasteiger partial charge on any atom is 0.0643 e. The number of aromatic nitrogens is 1. The van der Waals surface area contributed by atoms with E-state index in [2.05, 4.69) is 11.1 Å². The van der Waals surface area contributed by atoms with Crippen LogP contribution in [-0.4, -0.2) is 4.98 Å². The predicted octanol–water partition coefficient (Wildman–Crippen LogP) is 4.87. The molecule has 0 bridgehead atoms. The molecule has 3 heteroatoms. The molecule has 0 saturated carbocycles. The Labute approximate surface area is 118 Å². The first-order valence-corrected chi connectivity index (χ1v) is 6.69. The van der Waals surface area contributed by atoms with E-state index in [4.69, 9.17) is 23.2 Å². The molecule has 1 atom stereocenters. The first-order chi connectivity index (χ1) is 8.56. The summed E-state index contributed by atoms with van der Waals surface area (Å²) in [6.07, 6.45) is 2.60. The molecular weight excluding hydrogens is 265 g/mol. The number of hydrogen-bond acceptors (Lipinski definition) is 1. The number of halogens is 2. The van der Waals surface area contributed by atoms with E-state index in [1.165, 1.54) is 0 Å². The molecule has 2 aromatic rings. The lowest BCUT2D eigenvalue weighted by molar-refractivity contribution is 0.872. The Morgan fingerprint density at radius 2 is 1.94 bits per heavy atom. The van der Waals surface area contributed by atoms with Gasteiger partial charge in [-0.2, -0.15) is 0 Å². The average molecular weight is 280 g/mol. The third-order valence-electron chi connectivity index (χ3n) is 2.93. The van der Waals surface area contributed by atoms with Crippen LogP contribution in [0.4, 0.5) is 0 Å². The Kier molecular flexibility index (Phi) is 4.26. The molecule has 1 nitrogen and oxygen atoms in total. The van der Waals surface area contributed by atoms with Gasteiger partial charge in [0.05, 0.1) is 5.38 Å². The summed E-state index contributed by atoms with van der Waals surface area (Å²) in [6, 6.07) is 9.89. The summed E-state index contributed by atoms with van der Waals surface area (Å²) in [6.45, 7) is 4.05. The number of benzene rings is 1. The lowest BCUT2D eigenvalue weighted by atomic mass is 10.0. The third kappa shape index (κ3) is 3.24. The Morgan fingerprint density at radius 1 is 1.17 bits per heavy atom. The van der Waals surface area contributed by atoms with Crippen LogP contribution in [0.25, 0.3) is 0 Å². The second-order valence-electron chi connectivity index (χ2n) is 4.50. The highest BCUT2D eigenvalue weighted by atomic mass is 35.5. The van der Waals surface area contributed by atoms with Crippen LogP contribution >= 0.6 is 23.2 Å². The molecule has 0 saturated heterocycles. The van der Waals surface area contributed by atoms with E-state index in [9.17, 15) is 0 Å². The van der Waals surface area contributed by atoms with Gasteiger partial charge in [-0.25, -0.2) is 0 Å². The van der Waals surface area contributed by atoms with Gasteiger partial charge >= 0.3 is 0 Å². The lowest BCUT2D eigenvalue weighted by Gasteiger charge is -2.12. The minimum absolute atomic E-state index is 0.0718. The van der Waals surface area contributed by atoms with Crippen LogP contribution in [-0.2, 0) is 6.42 Å². The van der Waals surface area contributed by atoms with Gasteiger partial charge < -0.3 is 0 Å². The Balaban J connectivity index is 2.16. The summed E-state index contributed by atoms with van der Waals surface area (Å²) in [5, 5.41) is 0.672. The van der Waals surface area contributed by atoms with Crippen molar-refractivity contribution in [3.05, 3.63) is 63.9 Å². The van der Waals surface area contributed by atoms with Gasteiger partial charge in [0.1, 0.15) is 0 Å². The van der Waals surface area contributed by atoms with E-state index in [-0.39, 0.29) is 5.38 Å². The van der Waals surface area contributed by atoms with Crippen molar-refractivity contribution in [2.75, 3.05) is 0 Å². The Morgan fingerprint density at radius 3 is 2.56 bits per heavy atom. The smallest absolute Gasteiger partial charge is 0.0643 e. The highest BCUT2D eigenvalue weighted by molar-refractivity contribution is 6.30. The monoisotopic (exact) mass is 279 g/mol. The van der Waals surface area contributed by atoms with Gasteiger partial charge in [0.2, 0.25) is 0 Å². The number of pyridine rings is 1. The maximum atomic E-state index is 6.46. The van der Waals surface area contributed by atoms with Gasteiger partial charge in [0.15, 0.2) is 0 Å². The molecule has 94 valence electrons. The van der Waals surface area contributed by atoms with Crippen LogP contribution < -0.4 is 0 Å². The van der Waals surface area contributed by atoms with Crippen molar-refractivity contribution in [2.24, 2.45) is 0 Å². The molecule has 1 aromatic carbocycles. The zero-order valence-corrected chi connectivity index (χ0v) is 12.0. The molecule has 2 rings (SSSR count). The maximum absolute atomic E-state index is 6.46. The van der Waals surface area contributed by atoms with Crippen LogP contribution in [0, 0.1) is 13.8 Å². The average Bonchev–Trinajstić information content (AvgIpc) is 2.32. The van der Waals surface area contributed by atoms with Crippen molar-refractivity contribution >= 4 is 23.2 Å². The van der Waals surface area contributed by atoms with Gasteiger partial charge in [-0.05, 0) is 48.7 Å². The molecule has 1 unspecified atom stereocenters. The molecule has 0 fully saturated rings. The van der Waals surface area contributed by atoms with E-state index < -0.39 is 0 Å². The minimum Gasteiger partial charge on any atom is -0.261 e. The number of rotatable bonds is 3. The van der Waals surface area contributed by atoms with Crippen LogP contribution in [0.2, 0.25) is 5.02 Å². The first kappa shape index (κ1) is 13.4. The van der Waals surface area contributed by atoms with E-state index in [0.717, 1.165) is 33.8 Å².